The minimum Gasteiger partial charge on any atom is -0.482 e. The first-order valence-electron chi connectivity index (χ1n) is 8.93. The molecular weight excluding hydrogens is 356 g/mol. The molecule has 1 N–H and O–H groups in total. The molecule has 1 amide bonds. The Morgan fingerprint density at radius 2 is 1.68 bits per heavy atom. The zero-order valence-electron chi connectivity index (χ0n) is 16.5. The number of amides is 1. The summed E-state index contributed by atoms with van der Waals surface area (Å²) in [6.07, 6.45) is -0.977. The number of carbonyl (C=O) groups excluding carboxylic acids is 2. The molecule has 0 aliphatic carbocycles. The number of hydrogen-bond donors (Lipinski definition) is 1. The van der Waals surface area contributed by atoms with Crippen LogP contribution in [0.15, 0.2) is 48.5 Å². The summed E-state index contributed by atoms with van der Waals surface area (Å²) < 4.78 is 10.5. The van der Waals surface area contributed by atoms with Crippen molar-refractivity contribution in [3.63, 3.8) is 0 Å². The van der Waals surface area contributed by atoms with Gasteiger partial charge in [0.1, 0.15) is 5.75 Å². The largest absolute Gasteiger partial charge is 0.482 e. The van der Waals surface area contributed by atoms with Crippen LogP contribution in [0.1, 0.15) is 38.8 Å². The Morgan fingerprint density at radius 1 is 1.07 bits per heavy atom. The number of nitrogens with one attached hydrogen (secondary N) is 1. The Balaban J connectivity index is 1.81. The maximum atomic E-state index is 12.1. The number of carbonyl (C=O) groups is 2. The summed E-state index contributed by atoms with van der Waals surface area (Å²) in [6, 6.07) is 15.9. The predicted molar refractivity (Wildman–Crippen MR) is 106 cm³/mol. The summed E-state index contributed by atoms with van der Waals surface area (Å²) in [7, 11) is 0. The van der Waals surface area contributed by atoms with Crippen LogP contribution in [0.2, 0.25) is 0 Å². The van der Waals surface area contributed by atoms with Crippen molar-refractivity contribution in [2.45, 2.75) is 39.2 Å². The van der Waals surface area contributed by atoms with Gasteiger partial charge in [0.15, 0.2) is 12.7 Å². The van der Waals surface area contributed by atoms with Crippen molar-refractivity contribution in [2.24, 2.45) is 0 Å². The van der Waals surface area contributed by atoms with Crippen LogP contribution in [0.3, 0.4) is 0 Å². The molecule has 0 fully saturated rings. The highest BCUT2D eigenvalue weighted by Gasteiger charge is 2.18. The van der Waals surface area contributed by atoms with Crippen LogP contribution in [-0.4, -0.2) is 24.6 Å². The number of rotatable bonds is 6. The molecule has 2 rings (SSSR count). The van der Waals surface area contributed by atoms with Gasteiger partial charge in [-0.3, -0.25) is 4.79 Å². The zero-order valence-corrected chi connectivity index (χ0v) is 16.5. The zero-order chi connectivity index (χ0) is 20.7. The quantitative estimate of drug-likeness (QED) is 0.770. The number of esters is 1. The van der Waals surface area contributed by atoms with Crippen LogP contribution in [0, 0.1) is 11.3 Å². The molecule has 6 heteroatoms. The molecular formula is C22H24N2O4. The molecule has 0 aromatic heterocycles. The van der Waals surface area contributed by atoms with Crippen LogP contribution in [0.4, 0.5) is 5.69 Å². The van der Waals surface area contributed by atoms with Crippen LogP contribution >= 0.6 is 0 Å². The molecule has 0 radical (unpaired) electrons. The summed E-state index contributed by atoms with van der Waals surface area (Å²) in [4.78, 5) is 24.0. The van der Waals surface area contributed by atoms with E-state index in [1.54, 1.807) is 36.4 Å². The minimum absolute atomic E-state index is 0.0369. The van der Waals surface area contributed by atoms with E-state index in [-0.39, 0.29) is 12.0 Å². The Labute approximate surface area is 165 Å². The first-order chi connectivity index (χ1) is 13.2. The van der Waals surface area contributed by atoms with Gasteiger partial charge in [0, 0.05) is 5.69 Å². The van der Waals surface area contributed by atoms with Crippen molar-refractivity contribution < 1.29 is 19.1 Å². The first-order valence-corrected chi connectivity index (χ1v) is 8.93. The van der Waals surface area contributed by atoms with Crippen LogP contribution in [0.5, 0.6) is 5.75 Å². The molecule has 0 spiro atoms. The van der Waals surface area contributed by atoms with E-state index in [2.05, 4.69) is 26.1 Å². The normalized spacial score (nSPS) is 11.8. The second kappa shape index (κ2) is 9.05. The molecule has 0 saturated carbocycles. The van der Waals surface area contributed by atoms with Gasteiger partial charge in [-0.05, 0) is 54.3 Å². The number of anilines is 1. The molecule has 0 heterocycles. The van der Waals surface area contributed by atoms with Crippen molar-refractivity contribution in [1.29, 1.82) is 5.26 Å². The third-order valence-corrected chi connectivity index (χ3v) is 4.04. The van der Waals surface area contributed by atoms with Gasteiger partial charge in [-0.25, -0.2) is 4.79 Å². The van der Waals surface area contributed by atoms with Gasteiger partial charge in [0.25, 0.3) is 5.91 Å². The third-order valence-electron chi connectivity index (χ3n) is 4.04. The maximum absolute atomic E-state index is 12.1. The molecule has 0 saturated heterocycles. The molecule has 2 aromatic carbocycles. The van der Waals surface area contributed by atoms with Gasteiger partial charge in [-0.15, -0.1) is 0 Å². The molecule has 1 atom stereocenters. The number of benzene rings is 2. The van der Waals surface area contributed by atoms with Gasteiger partial charge in [0.05, 0.1) is 11.6 Å². The van der Waals surface area contributed by atoms with E-state index in [4.69, 9.17) is 14.7 Å². The number of ether oxygens (including phenoxy) is 2. The number of nitriles is 1. The van der Waals surface area contributed by atoms with Gasteiger partial charge in [-0.2, -0.15) is 5.26 Å². The van der Waals surface area contributed by atoms with Gasteiger partial charge < -0.3 is 14.8 Å². The molecule has 0 aliphatic heterocycles. The highest BCUT2D eigenvalue weighted by Crippen LogP contribution is 2.24. The summed E-state index contributed by atoms with van der Waals surface area (Å²) in [6.45, 7) is 7.54. The molecule has 0 bridgehead atoms. The Hall–Kier alpha value is -3.33. The molecule has 6 nitrogen and oxygen atoms in total. The first kappa shape index (κ1) is 21.0. The van der Waals surface area contributed by atoms with Gasteiger partial charge in [0.2, 0.25) is 0 Å². The summed E-state index contributed by atoms with van der Waals surface area (Å²) in [5.41, 5.74) is 2.21. The summed E-state index contributed by atoms with van der Waals surface area (Å²) in [5.74, 6) is -0.547. The van der Waals surface area contributed by atoms with E-state index in [1.165, 1.54) is 6.92 Å². The monoisotopic (exact) mass is 380 g/mol. The van der Waals surface area contributed by atoms with Crippen molar-refractivity contribution in [1.82, 2.24) is 0 Å². The third kappa shape index (κ3) is 6.13. The minimum atomic E-state index is -0.977. The molecule has 0 unspecified atom stereocenters. The fourth-order valence-electron chi connectivity index (χ4n) is 2.35. The molecule has 0 aliphatic rings. The maximum Gasteiger partial charge on any atom is 0.344 e. The van der Waals surface area contributed by atoms with Crippen molar-refractivity contribution >= 4 is 17.6 Å². The van der Waals surface area contributed by atoms with Crippen molar-refractivity contribution in [2.75, 3.05) is 11.9 Å². The summed E-state index contributed by atoms with van der Waals surface area (Å²) >= 11 is 0. The Bertz CT molecular complexity index is 859. The van der Waals surface area contributed by atoms with E-state index in [1.807, 2.05) is 18.2 Å². The van der Waals surface area contributed by atoms with E-state index >= 15 is 0 Å². The lowest BCUT2D eigenvalue weighted by molar-refractivity contribution is -0.155. The average molecular weight is 380 g/mol. The van der Waals surface area contributed by atoms with E-state index in [0.717, 1.165) is 5.56 Å². The fraction of sp³-hybridized carbons (Fsp3) is 0.318. The Morgan fingerprint density at radius 3 is 2.21 bits per heavy atom. The fourth-order valence-corrected chi connectivity index (χ4v) is 2.35. The average Bonchev–Trinajstić information content (AvgIpc) is 2.66. The second-order valence-corrected chi connectivity index (χ2v) is 7.37. The lowest BCUT2D eigenvalue weighted by Crippen LogP contribution is -2.31. The van der Waals surface area contributed by atoms with E-state index in [9.17, 15) is 9.59 Å². The predicted octanol–water partition coefficient (Wildman–Crippen LogP) is 3.80. The van der Waals surface area contributed by atoms with Gasteiger partial charge in [-0.1, -0.05) is 32.9 Å². The van der Waals surface area contributed by atoms with Crippen LogP contribution < -0.4 is 10.1 Å². The lowest BCUT2D eigenvalue weighted by Gasteiger charge is -2.19. The summed E-state index contributed by atoms with van der Waals surface area (Å²) in [5, 5.41) is 11.4. The molecule has 2 aromatic rings. The topological polar surface area (TPSA) is 88.4 Å². The van der Waals surface area contributed by atoms with Crippen LogP contribution in [-0.2, 0) is 19.7 Å². The number of nitrogens with zero attached hydrogens (tertiary/aromatic N) is 1. The standard InChI is InChI=1S/C22H24N2O4/c1-15(21(26)24-18-9-5-16(13-23)6-10-18)28-20(25)14-27-19-11-7-17(8-12-19)22(2,3)4/h5-12,15H,14H2,1-4H3,(H,24,26)/t15-/m1/s1. The van der Waals surface area contributed by atoms with Crippen LogP contribution in [0.25, 0.3) is 0 Å². The second-order valence-electron chi connectivity index (χ2n) is 7.37. The highest BCUT2D eigenvalue weighted by molar-refractivity contribution is 5.95. The molecule has 28 heavy (non-hydrogen) atoms. The Kier molecular flexibility index (Phi) is 6.78. The SMILES string of the molecule is C[C@@H](OC(=O)COc1ccc(C(C)(C)C)cc1)C(=O)Nc1ccc(C#N)cc1. The number of hydrogen-bond acceptors (Lipinski definition) is 5. The lowest BCUT2D eigenvalue weighted by atomic mass is 9.87. The highest BCUT2D eigenvalue weighted by atomic mass is 16.6. The smallest absolute Gasteiger partial charge is 0.344 e. The van der Waals surface area contributed by atoms with E-state index in [0.29, 0.717) is 17.0 Å². The molecule has 146 valence electrons. The van der Waals surface area contributed by atoms with Gasteiger partial charge >= 0.3 is 5.97 Å². The van der Waals surface area contributed by atoms with Crippen molar-refractivity contribution in [3.8, 4) is 11.8 Å². The van der Waals surface area contributed by atoms with Crippen molar-refractivity contribution in [3.05, 3.63) is 59.7 Å². The van der Waals surface area contributed by atoms with E-state index < -0.39 is 18.0 Å².